The van der Waals surface area contributed by atoms with E-state index in [2.05, 4.69) is 9.82 Å². The van der Waals surface area contributed by atoms with Gasteiger partial charge in [-0.15, -0.1) is 0 Å². The Bertz CT molecular complexity index is 1040. The quantitative estimate of drug-likeness (QED) is 0.764. The number of hydrogen-bond donors (Lipinski definition) is 1. The van der Waals surface area contributed by atoms with Crippen LogP contribution in [0.3, 0.4) is 0 Å². The molecule has 0 aliphatic heterocycles. The average Bonchev–Trinajstić information content (AvgIpc) is 2.57. The molecule has 24 heavy (non-hydrogen) atoms. The first-order chi connectivity index (χ1) is 11.5. The summed E-state index contributed by atoms with van der Waals surface area (Å²) in [5, 5.41) is 5.91. The zero-order chi connectivity index (χ0) is 17.2. The molecule has 0 atom stereocenters. The predicted molar refractivity (Wildman–Crippen MR) is 92.4 cm³/mol. The van der Waals surface area contributed by atoms with E-state index in [1.54, 1.807) is 31.2 Å². The molecular formula is C17H17N3O3S. The van der Waals surface area contributed by atoms with Crippen molar-refractivity contribution in [3.8, 4) is 0 Å². The highest BCUT2D eigenvalue weighted by Crippen LogP contribution is 2.18. The molecule has 6 nitrogen and oxygen atoms in total. The van der Waals surface area contributed by atoms with Gasteiger partial charge < -0.3 is 0 Å². The van der Waals surface area contributed by atoms with Crippen LogP contribution >= 0.6 is 0 Å². The molecule has 0 saturated heterocycles. The highest BCUT2D eigenvalue weighted by atomic mass is 32.2. The summed E-state index contributed by atoms with van der Waals surface area (Å²) in [5.74, 6) is 0. The van der Waals surface area contributed by atoms with Crippen LogP contribution in [-0.4, -0.2) is 24.7 Å². The lowest BCUT2D eigenvalue weighted by atomic mass is 10.1. The number of sulfonamides is 1. The Balaban J connectivity index is 1.75. The van der Waals surface area contributed by atoms with Crippen LogP contribution in [0.15, 0.2) is 64.3 Å². The van der Waals surface area contributed by atoms with Crippen molar-refractivity contribution in [3.63, 3.8) is 0 Å². The number of rotatable bonds is 5. The van der Waals surface area contributed by atoms with Gasteiger partial charge in [0, 0.05) is 12.6 Å². The highest BCUT2D eigenvalue weighted by molar-refractivity contribution is 7.89. The number of fused-ring (bicyclic) bond motifs is 1. The molecule has 0 saturated carbocycles. The third kappa shape index (κ3) is 3.52. The highest BCUT2D eigenvalue weighted by Gasteiger charge is 2.14. The van der Waals surface area contributed by atoms with E-state index in [-0.39, 0.29) is 23.5 Å². The Morgan fingerprint density at radius 1 is 1.04 bits per heavy atom. The first-order valence-electron chi connectivity index (χ1n) is 7.49. The number of hydrogen-bond acceptors (Lipinski definition) is 4. The standard InChI is InChI=1S/C17H17N3O3S/c1-13-6-9-17(21)20(19-13)11-10-18-24(22,23)16-8-7-14-4-2-3-5-15(14)12-16/h2-9,12,18H,10-11H2,1H3. The molecular weight excluding hydrogens is 326 g/mol. The maximum Gasteiger partial charge on any atom is 0.266 e. The van der Waals surface area contributed by atoms with Gasteiger partial charge in [0.25, 0.3) is 5.56 Å². The summed E-state index contributed by atoms with van der Waals surface area (Å²) in [7, 11) is -3.64. The van der Waals surface area contributed by atoms with Gasteiger partial charge in [-0.2, -0.15) is 5.10 Å². The normalized spacial score (nSPS) is 11.7. The third-order valence-electron chi connectivity index (χ3n) is 3.65. The molecule has 0 bridgehead atoms. The van der Waals surface area contributed by atoms with Crippen LogP contribution < -0.4 is 10.3 Å². The molecule has 124 valence electrons. The van der Waals surface area contributed by atoms with E-state index in [0.29, 0.717) is 5.69 Å². The summed E-state index contributed by atoms with van der Waals surface area (Å²) in [5.41, 5.74) is 0.442. The van der Waals surface area contributed by atoms with E-state index in [1.165, 1.54) is 10.7 Å². The topological polar surface area (TPSA) is 81.1 Å². The molecule has 0 aliphatic rings. The van der Waals surface area contributed by atoms with Gasteiger partial charge in [0.15, 0.2) is 0 Å². The van der Waals surface area contributed by atoms with E-state index < -0.39 is 10.0 Å². The van der Waals surface area contributed by atoms with Gasteiger partial charge in [-0.25, -0.2) is 17.8 Å². The van der Waals surface area contributed by atoms with Gasteiger partial charge in [0.2, 0.25) is 10.0 Å². The van der Waals surface area contributed by atoms with Gasteiger partial charge in [0.05, 0.1) is 17.1 Å². The SMILES string of the molecule is Cc1ccc(=O)n(CCNS(=O)(=O)c2ccc3ccccc3c2)n1. The molecule has 1 aromatic heterocycles. The van der Waals surface area contributed by atoms with Crippen molar-refractivity contribution >= 4 is 20.8 Å². The summed E-state index contributed by atoms with van der Waals surface area (Å²) in [6, 6.07) is 15.6. The molecule has 2 aromatic carbocycles. The Labute approximate surface area is 139 Å². The predicted octanol–water partition coefficient (Wildman–Crippen LogP) is 1.68. The second-order valence-corrected chi connectivity index (χ2v) is 7.21. The van der Waals surface area contributed by atoms with Crippen LogP contribution in [0, 0.1) is 6.92 Å². The summed E-state index contributed by atoms with van der Waals surface area (Å²) in [6.07, 6.45) is 0. The Kier molecular flexibility index (Phi) is 4.46. The average molecular weight is 343 g/mol. The number of benzene rings is 2. The lowest BCUT2D eigenvalue weighted by Crippen LogP contribution is -2.32. The first kappa shape index (κ1) is 16.4. The number of nitrogens with one attached hydrogen (secondary N) is 1. The molecule has 0 fully saturated rings. The Morgan fingerprint density at radius 3 is 2.58 bits per heavy atom. The maximum atomic E-state index is 12.4. The fourth-order valence-electron chi connectivity index (χ4n) is 2.41. The van der Waals surface area contributed by atoms with Crippen LogP contribution in [0.1, 0.15) is 5.69 Å². The summed E-state index contributed by atoms with van der Waals surface area (Å²) in [4.78, 5) is 11.9. The fraction of sp³-hybridized carbons (Fsp3) is 0.176. The van der Waals surface area contributed by atoms with E-state index >= 15 is 0 Å². The first-order valence-corrected chi connectivity index (χ1v) is 8.97. The zero-order valence-corrected chi connectivity index (χ0v) is 14.0. The smallest absolute Gasteiger partial charge is 0.266 e. The Hall–Kier alpha value is -2.51. The molecule has 0 amide bonds. The van der Waals surface area contributed by atoms with Crippen LogP contribution in [0.25, 0.3) is 10.8 Å². The number of aryl methyl sites for hydroxylation is 1. The molecule has 0 unspecified atom stereocenters. The fourth-order valence-corrected chi connectivity index (χ4v) is 3.47. The van der Waals surface area contributed by atoms with Gasteiger partial charge in [-0.3, -0.25) is 4.79 Å². The molecule has 1 heterocycles. The molecule has 0 spiro atoms. The minimum absolute atomic E-state index is 0.0888. The van der Waals surface area contributed by atoms with E-state index in [0.717, 1.165) is 10.8 Å². The largest absolute Gasteiger partial charge is 0.268 e. The van der Waals surface area contributed by atoms with Crippen molar-refractivity contribution in [1.82, 2.24) is 14.5 Å². The molecule has 7 heteroatoms. The van der Waals surface area contributed by atoms with E-state index in [1.807, 2.05) is 24.3 Å². The third-order valence-corrected chi connectivity index (χ3v) is 5.11. The van der Waals surface area contributed by atoms with Crippen molar-refractivity contribution in [2.24, 2.45) is 0 Å². The van der Waals surface area contributed by atoms with Crippen LogP contribution in [0.5, 0.6) is 0 Å². The lowest BCUT2D eigenvalue weighted by Gasteiger charge is -2.09. The van der Waals surface area contributed by atoms with Crippen LogP contribution in [0.4, 0.5) is 0 Å². The van der Waals surface area contributed by atoms with Gasteiger partial charge in [-0.05, 0) is 35.9 Å². The zero-order valence-electron chi connectivity index (χ0n) is 13.1. The monoisotopic (exact) mass is 343 g/mol. The van der Waals surface area contributed by atoms with E-state index in [9.17, 15) is 13.2 Å². The van der Waals surface area contributed by atoms with Crippen molar-refractivity contribution in [3.05, 3.63) is 70.6 Å². The number of aromatic nitrogens is 2. The lowest BCUT2D eigenvalue weighted by molar-refractivity contribution is 0.544. The van der Waals surface area contributed by atoms with Crippen molar-refractivity contribution in [2.45, 2.75) is 18.4 Å². The summed E-state index contributed by atoms with van der Waals surface area (Å²) < 4.78 is 28.6. The molecule has 3 aromatic rings. The molecule has 0 radical (unpaired) electrons. The summed E-state index contributed by atoms with van der Waals surface area (Å²) in [6.45, 7) is 2.04. The molecule has 1 N–H and O–H groups in total. The Morgan fingerprint density at radius 2 is 1.79 bits per heavy atom. The summed E-state index contributed by atoms with van der Waals surface area (Å²) >= 11 is 0. The van der Waals surface area contributed by atoms with Crippen molar-refractivity contribution in [2.75, 3.05) is 6.54 Å². The second kappa shape index (κ2) is 6.54. The minimum atomic E-state index is -3.64. The van der Waals surface area contributed by atoms with Crippen LogP contribution in [0.2, 0.25) is 0 Å². The maximum absolute atomic E-state index is 12.4. The van der Waals surface area contributed by atoms with Crippen molar-refractivity contribution in [1.29, 1.82) is 0 Å². The van der Waals surface area contributed by atoms with Crippen LogP contribution in [-0.2, 0) is 16.6 Å². The van der Waals surface area contributed by atoms with Gasteiger partial charge in [0.1, 0.15) is 0 Å². The second-order valence-electron chi connectivity index (χ2n) is 5.44. The van der Waals surface area contributed by atoms with E-state index in [4.69, 9.17) is 0 Å². The van der Waals surface area contributed by atoms with Gasteiger partial charge in [-0.1, -0.05) is 30.3 Å². The molecule has 0 aliphatic carbocycles. The minimum Gasteiger partial charge on any atom is -0.268 e. The van der Waals surface area contributed by atoms with Crippen molar-refractivity contribution < 1.29 is 8.42 Å². The van der Waals surface area contributed by atoms with Gasteiger partial charge >= 0.3 is 0 Å². The molecule has 3 rings (SSSR count). The number of nitrogens with zero attached hydrogens (tertiary/aromatic N) is 2.